The molecule has 2 aromatic heterocycles. The summed E-state index contributed by atoms with van der Waals surface area (Å²) in [6.45, 7) is 2.25. The molecule has 27 heavy (non-hydrogen) atoms. The molecular formula is C19H18ClN5O2. The molecule has 0 fully saturated rings. The number of pyridine rings is 1. The number of nitrogens with one attached hydrogen (secondary N) is 2. The van der Waals surface area contributed by atoms with Crippen molar-refractivity contribution in [3.8, 4) is 5.75 Å². The number of hydrogen-bond donors (Lipinski definition) is 2. The monoisotopic (exact) mass is 383 g/mol. The number of hydrogen-bond acceptors (Lipinski definition) is 6. The number of carbonyl (C=O) groups excluding carboxylic acids is 1. The number of aryl methyl sites for hydroxylation is 1. The molecule has 0 spiro atoms. The highest BCUT2D eigenvalue weighted by Crippen LogP contribution is 2.28. The van der Waals surface area contributed by atoms with E-state index in [9.17, 15) is 4.79 Å². The average molecular weight is 384 g/mol. The molecule has 3 aromatic rings. The van der Waals surface area contributed by atoms with E-state index in [-0.39, 0.29) is 11.6 Å². The zero-order chi connectivity index (χ0) is 19.2. The Morgan fingerprint density at radius 1 is 1.19 bits per heavy atom. The first-order valence-corrected chi connectivity index (χ1v) is 8.57. The Kier molecular flexibility index (Phi) is 5.83. The van der Waals surface area contributed by atoms with Crippen LogP contribution in [0.2, 0.25) is 5.02 Å². The van der Waals surface area contributed by atoms with E-state index in [1.54, 1.807) is 37.4 Å². The van der Waals surface area contributed by atoms with Gasteiger partial charge in [0.25, 0.3) is 5.91 Å². The molecule has 0 aliphatic carbocycles. The molecule has 8 heteroatoms. The molecule has 2 heterocycles. The quantitative estimate of drug-likeness (QED) is 0.674. The Hall–Kier alpha value is -3.19. The Morgan fingerprint density at radius 3 is 2.78 bits per heavy atom. The number of nitrogens with zero attached hydrogens (tertiary/aromatic N) is 3. The third-order valence-corrected chi connectivity index (χ3v) is 3.89. The second-order valence-corrected chi connectivity index (χ2v) is 6.13. The highest BCUT2D eigenvalue weighted by atomic mass is 35.5. The Morgan fingerprint density at radius 2 is 2.04 bits per heavy atom. The number of methoxy groups -OCH3 is 1. The molecule has 2 N–H and O–H groups in total. The van der Waals surface area contributed by atoms with Gasteiger partial charge < -0.3 is 15.4 Å². The number of benzene rings is 1. The predicted molar refractivity (Wildman–Crippen MR) is 104 cm³/mol. The van der Waals surface area contributed by atoms with Crippen molar-refractivity contribution in [2.45, 2.75) is 13.5 Å². The van der Waals surface area contributed by atoms with Crippen LogP contribution in [-0.2, 0) is 6.54 Å². The van der Waals surface area contributed by atoms with E-state index in [0.717, 1.165) is 5.69 Å². The van der Waals surface area contributed by atoms with Gasteiger partial charge in [0, 0.05) is 16.9 Å². The van der Waals surface area contributed by atoms with Crippen LogP contribution in [0, 0.1) is 6.92 Å². The van der Waals surface area contributed by atoms with E-state index in [1.807, 2.05) is 18.2 Å². The third kappa shape index (κ3) is 4.92. The van der Waals surface area contributed by atoms with Crippen molar-refractivity contribution in [2.75, 3.05) is 17.7 Å². The second kappa shape index (κ2) is 8.46. The van der Waals surface area contributed by atoms with Crippen molar-refractivity contribution in [1.29, 1.82) is 0 Å². The van der Waals surface area contributed by atoms with E-state index in [4.69, 9.17) is 16.3 Å². The van der Waals surface area contributed by atoms with Gasteiger partial charge in [-0.15, -0.1) is 0 Å². The Balaban J connectivity index is 1.77. The van der Waals surface area contributed by atoms with Crippen molar-refractivity contribution in [2.24, 2.45) is 0 Å². The van der Waals surface area contributed by atoms with Gasteiger partial charge in [-0.25, -0.2) is 9.97 Å². The Labute approximate surface area is 161 Å². The molecule has 1 amide bonds. The first-order chi connectivity index (χ1) is 13.0. The van der Waals surface area contributed by atoms with Gasteiger partial charge in [0.15, 0.2) is 0 Å². The van der Waals surface area contributed by atoms with Gasteiger partial charge in [-0.1, -0.05) is 17.7 Å². The number of anilines is 2. The van der Waals surface area contributed by atoms with Gasteiger partial charge in [-0.2, -0.15) is 0 Å². The van der Waals surface area contributed by atoms with E-state index in [0.29, 0.717) is 34.6 Å². The summed E-state index contributed by atoms with van der Waals surface area (Å²) in [5.74, 6) is 0.470. The molecule has 0 unspecified atom stereocenters. The number of ether oxygens (including phenoxy) is 1. The molecule has 7 nitrogen and oxygen atoms in total. The minimum absolute atomic E-state index is 0.230. The van der Waals surface area contributed by atoms with Crippen LogP contribution < -0.4 is 15.4 Å². The van der Waals surface area contributed by atoms with E-state index in [1.165, 1.54) is 7.11 Å². The lowest BCUT2D eigenvalue weighted by molar-refractivity contribution is 0.102. The highest BCUT2D eigenvalue weighted by Gasteiger charge is 2.14. The topological polar surface area (TPSA) is 89.0 Å². The molecule has 0 bridgehead atoms. The molecule has 0 aliphatic heterocycles. The predicted octanol–water partition coefficient (Wildman–Crippen LogP) is 3.71. The van der Waals surface area contributed by atoms with Crippen LogP contribution >= 0.6 is 11.6 Å². The number of rotatable bonds is 6. The molecular weight excluding hydrogens is 366 g/mol. The van der Waals surface area contributed by atoms with E-state index >= 15 is 0 Å². The maximum atomic E-state index is 12.6. The third-order valence-electron chi connectivity index (χ3n) is 3.65. The molecule has 3 rings (SSSR count). The van der Waals surface area contributed by atoms with Crippen molar-refractivity contribution in [3.05, 3.63) is 70.8 Å². The summed E-state index contributed by atoms with van der Waals surface area (Å²) in [4.78, 5) is 25.5. The standard InChI is InChI=1S/C19H18ClN5O2/c1-12-9-16(18(26)24-15-10-13(20)6-7-17(15)27-2)25-19(23-12)22-11-14-5-3-4-8-21-14/h3-10H,11H2,1-2H3,(H,24,26)(H,22,23,25). The fraction of sp³-hybridized carbons (Fsp3) is 0.158. The summed E-state index contributed by atoms with van der Waals surface area (Å²) in [5.41, 5.74) is 2.20. The summed E-state index contributed by atoms with van der Waals surface area (Å²) in [5, 5.41) is 6.34. The largest absolute Gasteiger partial charge is 0.495 e. The van der Waals surface area contributed by atoms with Crippen molar-refractivity contribution >= 4 is 29.1 Å². The summed E-state index contributed by atoms with van der Waals surface area (Å²) in [6.07, 6.45) is 1.71. The number of halogens is 1. The number of aromatic nitrogens is 3. The lowest BCUT2D eigenvalue weighted by Gasteiger charge is -2.11. The maximum absolute atomic E-state index is 12.6. The molecule has 0 atom stereocenters. The van der Waals surface area contributed by atoms with Gasteiger partial charge >= 0.3 is 0 Å². The van der Waals surface area contributed by atoms with Crippen molar-refractivity contribution in [3.63, 3.8) is 0 Å². The van der Waals surface area contributed by atoms with E-state index in [2.05, 4.69) is 25.6 Å². The minimum atomic E-state index is -0.387. The van der Waals surface area contributed by atoms with Gasteiger partial charge in [0.1, 0.15) is 11.4 Å². The van der Waals surface area contributed by atoms with Gasteiger partial charge in [0.05, 0.1) is 25.0 Å². The highest BCUT2D eigenvalue weighted by molar-refractivity contribution is 6.31. The second-order valence-electron chi connectivity index (χ2n) is 5.69. The average Bonchev–Trinajstić information content (AvgIpc) is 2.67. The summed E-state index contributed by atoms with van der Waals surface area (Å²) >= 11 is 6.00. The first-order valence-electron chi connectivity index (χ1n) is 8.19. The molecule has 138 valence electrons. The van der Waals surface area contributed by atoms with Crippen LogP contribution in [0.25, 0.3) is 0 Å². The number of carbonyl (C=O) groups is 1. The fourth-order valence-corrected chi connectivity index (χ4v) is 2.57. The SMILES string of the molecule is COc1ccc(Cl)cc1NC(=O)c1cc(C)nc(NCc2ccccn2)n1. The maximum Gasteiger partial charge on any atom is 0.274 e. The van der Waals surface area contributed by atoms with Crippen LogP contribution in [0.5, 0.6) is 5.75 Å². The summed E-state index contributed by atoms with van der Waals surface area (Å²) in [7, 11) is 1.52. The molecule has 0 saturated carbocycles. The van der Waals surface area contributed by atoms with Crippen LogP contribution in [-0.4, -0.2) is 28.0 Å². The molecule has 0 saturated heterocycles. The summed E-state index contributed by atoms with van der Waals surface area (Å²) in [6, 6.07) is 12.2. The van der Waals surface area contributed by atoms with Crippen LogP contribution in [0.3, 0.4) is 0 Å². The Bertz CT molecular complexity index is 950. The zero-order valence-electron chi connectivity index (χ0n) is 14.9. The van der Waals surface area contributed by atoms with Crippen LogP contribution in [0.4, 0.5) is 11.6 Å². The van der Waals surface area contributed by atoms with Gasteiger partial charge in [-0.3, -0.25) is 9.78 Å². The minimum Gasteiger partial charge on any atom is -0.495 e. The molecule has 1 aromatic carbocycles. The van der Waals surface area contributed by atoms with Crippen molar-refractivity contribution in [1.82, 2.24) is 15.0 Å². The normalized spacial score (nSPS) is 10.3. The first kappa shape index (κ1) is 18.6. The summed E-state index contributed by atoms with van der Waals surface area (Å²) < 4.78 is 5.25. The van der Waals surface area contributed by atoms with Crippen molar-refractivity contribution < 1.29 is 9.53 Å². The van der Waals surface area contributed by atoms with Gasteiger partial charge in [0.2, 0.25) is 5.95 Å². The molecule has 0 aliphatic rings. The zero-order valence-corrected chi connectivity index (χ0v) is 15.6. The molecule has 0 radical (unpaired) electrons. The van der Waals surface area contributed by atoms with Crippen LogP contribution in [0.15, 0.2) is 48.7 Å². The smallest absolute Gasteiger partial charge is 0.274 e. The van der Waals surface area contributed by atoms with Crippen LogP contribution in [0.1, 0.15) is 21.9 Å². The van der Waals surface area contributed by atoms with E-state index < -0.39 is 0 Å². The lowest BCUT2D eigenvalue weighted by atomic mass is 10.2. The number of amides is 1. The van der Waals surface area contributed by atoms with Gasteiger partial charge in [-0.05, 0) is 43.3 Å². The lowest BCUT2D eigenvalue weighted by Crippen LogP contribution is -2.16. The fourth-order valence-electron chi connectivity index (χ4n) is 2.40.